The van der Waals surface area contributed by atoms with Crippen molar-refractivity contribution in [2.75, 3.05) is 6.61 Å². The Morgan fingerprint density at radius 1 is 1.29 bits per heavy atom. The molecule has 1 aromatic carbocycles. The fourth-order valence-corrected chi connectivity index (χ4v) is 5.12. The van der Waals surface area contributed by atoms with Crippen LogP contribution in [0.2, 0.25) is 0 Å². The van der Waals surface area contributed by atoms with Gasteiger partial charge >= 0.3 is 0 Å². The quantitative estimate of drug-likeness (QED) is 0.535. The maximum absolute atomic E-state index is 11.1. The van der Waals surface area contributed by atoms with Crippen LogP contribution in [-0.2, 0) is 5.41 Å². The summed E-state index contributed by atoms with van der Waals surface area (Å²) >= 11 is 0. The number of phenolic OH excluding ortho intramolecular Hbond substituents is 1. The van der Waals surface area contributed by atoms with E-state index in [1.54, 1.807) is 0 Å². The maximum atomic E-state index is 11.1. The monoisotopic (exact) mass is 392 g/mol. The number of unbranched alkanes of at least 4 members (excludes halogenated alkanes) is 3. The van der Waals surface area contributed by atoms with E-state index in [0.717, 1.165) is 17.5 Å². The molecule has 1 saturated carbocycles. The number of hydrogen-bond acceptors (Lipinski definition) is 3. The van der Waals surface area contributed by atoms with E-state index in [2.05, 4.69) is 40.7 Å². The van der Waals surface area contributed by atoms with Crippen LogP contribution in [0.15, 0.2) is 12.1 Å². The van der Waals surface area contributed by atoms with E-state index in [0.29, 0.717) is 18.6 Å². The summed E-state index contributed by atoms with van der Waals surface area (Å²) < 4.78 is 23.5. The molecular formula is C25H40O3. The van der Waals surface area contributed by atoms with Crippen LogP contribution in [0, 0.1) is 11.8 Å². The summed E-state index contributed by atoms with van der Waals surface area (Å²) in [5.74, 6) is -0.303. The van der Waals surface area contributed by atoms with Gasteiger partial charge in [0, 0.05) is 20.8 Å². The van der Waals surface area contributed by atoms with Gasteiger partial charge in [0.2, 0.25) is 0 Å². The fourth-order valence-electron chi connectivity index (χ4n) is 5.12. The molecule has 1 heterocycles. The van der Waals surface area contributed by atoms with Crippen LogP contribution in [0.4, 0.5) is 0 Å². The minimum absolute atomic E-state index is 0.0383. The van der Waals surface area contributed by atoms with Gasteiger partial charge in [0.25, 0.3) is 0 Å². The molecular weight excluding hydrogens is 348 g/mol. The Bertz CT molecular complexity index is 761. The third kappa shape index (κ3) is 4.20. The summed E-state index contributed by atoms with van der Waals surface area (Å²) in [7, 11) is 0. The van der Waals surface area contributed by atoms with Crippen molar-refractivity contribution in [3.8, 4) is 11.5 Å². The van der Waals surface area contributed by atoms with Gasteiger partial charge < -0.3 is 14.9 Å². The predicted octanol–water partition coefficient (Wildman–Crippen LogP) is 6.30. The highest BCUT2D eigenvalue weighted by Gasteiger charge is 2.47. The highest BCUT2D eigenvalue weighted by atomic mass is 16.5. The molecule has 1 fully saturated rings. The second-order valence-electron chi connectivity index (χ2n) is 9.98. The lowest BCUT2D eigenvalue weighted by molar-refractivity contribution is -0.0211. The van der Waals surface area contributed by atoms with Gasteiger partial charge in [-0.3, -0.25) is 0 Å². The van der Waals surface area contributed by atoms with E-state index >= 15 is 0 Å². The Morgan fingerprint density at radius 2 is 2.04 bits per heavy atom. The first-order valence-corrected chi connectivity index (χ1v) is 11.0. The first kappa shape index (κ1) is 18.8. The number of aromatic hydroxyl groups is 1. The molecule has 0 spiro atoms. The van der Waals surface area contributed by atoms with Gasteiger partial charge in [-0.2, -0.15) is 0 Å². The first-order chi connectivity index (χ1) is 13.9. The second kappa shape index (κ2) is 8.26. The summed E-state index contributed by atoms with van der Waals surface area (Å²) in [6.07, 6.45) is 6.13. The molecule has 3 rings (SSSR count). The van der Waals surface area contributed by atoms with E-state index in [9.17, 15) is 10.2 Å². The lowest BCUT2D eigenvalue weighted by Gasteiger charge is -2.49. The Labute approximate surface area is 174 Å². The van der Waals surface area contributed by atoms with Crippen LogP contribution >= 0.6 is 0 Å². The molecule has 0 amide bonds. The average molecular weight is 393 g/mol. The van der Waals surface area contributed by atoms with Crippen molar-refractivity contribution < 1.29 is 17.7 Å². The SMILES string of the molecule is [3H][C@H]1C[C@@H]2[C@@H](C[C@]1([3H])CO)c1c(O)cc(C(C)(C)CCCCCC)cc1OC2(C)C. The highest BCUT2D eigenvalue weighted by molar-refractivity contribution is 5.53. The third-order valence-electron chi connectivity index (χ3n) is 7.03. The predicted molar refractivity (Wildman–Crippen MR) is 115 cm³/mol. The lowest BCUT2D eigenvalue weighted by Crippen LogP contribution is -2.47. The van der Waals surface area contributed by atoms with Crippen molar-refractivity contribution in [1.29, 1.82) is 0 Å². The number of rotatable bonds is 7. The third-order valence-corrected chi connectivity index (χ3v) is 7.03. The highest BCUT2D eigenvalue weighted by Crippen LogP contribution is 2.56. The molecule has 2 N–H and O–H groups in total. The molecule has 3 nitrogen and oxygen atoms in total. The number of aliphatic hydroxyl groups excluding tert-OH is 1. The standard InChI is InChI=1S/C25H40O3/c1-6-7-8-9-12-24(2,3)18-14-21(27)23-19-13-17(16-26)10-11-20(19)25(4,5)28-22(23)15-18/h14-15,17,19-20,26-27H,6-13,16H2,1-5H3/t17-,19-,20-/m1/s1/i10T,17T/t10-,17+,19+,20+/m0. The molecule has 0 unspecified atom stereocenters. The number of phenols is 1. The molecule has 28 heavy (non-hydrogen) atoms. The zero-order chi connectivity index (χ0) is 22.3. The van der Waals surface area contributed by atoms with Crippen molar-refractivity contribution in [3.63, 3.8) is 0 Å². The molecule has 3 heteroatoms. The normalized spacial score (nSPS) is 32.6. The molecule has 158 valence electrons. The smallest absolute Gasteiger partial charge is 0.127 e. The summed E-state index contributed by atoms with van der Waals surface area (Å²) in [6, 6.07) is 3.97. The van der Waals surface area contributed by atoms with E-state index < -0.39 is 17.9 Å². The number of aliphatic hydroxyl groups is 1. The van der Waals surface area contributed by atoms with Gasteiger partial charge in [0.1, 0.15) is 17.1 Å². The van der Waals surface area contributed by atoms with Crippen LogP contribution in [0.5, 0.6) is 11.5 Å². The molecule has 1 aliphatic carbocycles. The summed E-state index contributed by atoms with van der Waals surface area (Å²) in [6.45, 7) is 10.4. The molecule has 0 radical (unpaired) electrons. The van der Waals surface area contributed by atoms with E-state index in [4.69, 9.17) is 7.48 Å². The van der Waals surface area contributed by atoms with Crippen molar-refractivity contribution in [2.24, 2.45) is 11.8 Å². The Kier molecular flexibility index (Phi) is 5.54. The molecule has 0 bridgehead atoms. The first-order valence-electron chi connectivity index (χ1n) is 12.1. The van der Waals surface area contributed by atoms with Gasteiger partial charge in [-0.25, -0.2) is 0 Å². The Morgan fingerprint density at radius 3 is 2.71 bits per heavy atom. The number of ether oxygens (including phenoxy) is 1. The minimum atomic E-state index is -1.20. The molecule has 0 aromatic heterocycles. The van der Waals surface area contributed by atoms with Crippen LogP contribution < -0.4 is 4.74 Å². The fraction of sp³-hybridized carbons (Fsp3) is 0.760. The molecule has 1 aliphatic heterocycles. The van der Waals surface area contributed by atoms with Crippen LogP contribution in [0.3, 0.4) is 0 Å². The largest absolute Gasteiger partial charge is 0.508 e. The second-order valence-corrected chi connectivity index (χ2v) is 9.98. The van der Waals surface area contributed by atoms with Crippen molar-refractivity contribution in [3.05, 3.63) is 23.3 Å². The molecule has 0 saturated heterocycles. The van der Waals surface area contributed by atoms with Crippen molar-refractivity contribution >= 4 is 0 Å². The van der Waals surface area contributed by atoms with Crippen LogP contribution in [0.1, 0.15) is 106 Å². The van der Waals surface area contributed by atoms with Crippen LogP contribution in [-0.4, -0.2) is 22.4 Å². The Balaban J connectivity index is 1.96. The maximum Gasteiger partial charge on any atom is 0.127 e. The van der Waals surface area contributed by atoms with E-state index in [-0.39, 0.29) is 29.6 Å². The lowest BCUT2D eigenvalue weighted by atomic mass is 9.63. The van der Waals surface area contributed by atoms with Gasteiger partial charge in [-0.15, -0.1) is 0 Å². The number of hydrogen-bond donors (Lipinski definition) is 2. The van der Waals surface area contributed by atoms with Gasteiger partial charge in [0.05, 0.1) is 0 Å². The summed E-state index contributed by atoms with van der Waals surface area (Å²) in [4.78, 5) is 0. The number of fused-ring (bicyclic) bond motifs is 3. The summed E-state index contributed by atoms with van der Waals surface area (Å²) in [5, 5.41) is 20.9. The minimum Gasteiger partial charge on any atom is -0.508 e. The van der Waals surface area contributed by atoms with Gasteiger partial charge in [0.15, 0.2) is 0 Å². The molecule has 4 atom stereocenters. The molecule has 2 aliphatic rings. The topological polar surface area (TPSA) is 49.7 Å². The van der Waals surface area contributed by atoms with Crippen molar-refractivity contribution in [1.82, 2.24) is 0 Å². The Hall–Kier alpha value is -1.22. The number of benzene rings is 1. The van der Waals surface area contributed by atoms with E-state index in [1.165, 1.54) is 25.7 Å². The van der Waals surface area contributed by atoms with Gasteiger partial charge in [-0.05, 0) is 74.4 Å². The average Bonchev–Trinajstić information content (AvgIpc) is 2.66. The molecule has 1 aromatic rings. The zero-order valence-corrected chi connectivity index (χ0v) is 18.3. The zero-order valence-electron chi connectivity index (χ0n) is 20.3. The van der Waals surface area contributed by atoms with Crippen LogP contribution in [0.25, 0.3) is 0 Å². The van der Waals surface area contributed by atoms with Crippen molar-refractivity contribution in [2.45, 2.75) is 103 Å². The van der Waals surface area contributed by atoms with E-state index in [1.807, 2.05) is 6.07 Å². The summed E-state index contributed by atoms with van der Waals surface area (Å²) in [5.41, 5.74) is 1.30. The van der Waals surface area contributed by atoms with Gasteiger partial charge in [-0.1, -0.05) is 46.5 Å².